The standard InChI is InChI=1S/C16H17F2NO4S2/c1-24(20,21)13-7-8-14(15(9-13)25(2,22)23)19-10-11-3-5-12(6-4-11)16(17)18/h3-9,16,19H,10H2,1-2H3. The molecule has 0 heterocycles. The number of alkyl halides is 2. The van der Waals surface area contributed by atoms with Gasteiger partial charge in [0.15, 0.2) is 19.7 Å². The fourth-order valence-electron chi connectivity index (χ4n) is 2.16. The molecule has 0 unspecified atom stereocenters. The summed E-state index contributed by atoms with van der Waals surface area (Å²) in [5.41, 5.74) is 0.821. The normalized spacial score (nSPS) is 12.4. The highest BCUT2D eigenvalue weighted by molar-refractivity contribution is 7.91. The minimum absolute atomic E-state index is 0.0974. The molecule has 25 heavy (non-hydrogen) atoms. The van der Waals surface area contributed by atoms with Crippen LogP contribution in [0.1, 0.15) is 17.6 Å². The Balaban J connectivity index is 2.30. The molecular weight excluding hydrogens is 372 g/mol. The van der Waals surface area contributed by atoms with E-state index in [1.165, 1.54) is 36.4 Å². The van der Waals surface area contributed by atoms with Gasteiger partial charge in [-0.25, -0.2) is 25.6 Å². The van der Waals surface area contributed by atoms with Crippen LogP contribution in [-0.2, 0) is 26.2 Å². The lowest BCUT2D eigenvalue weighted by Gasteiger charge is -2.13. The Labute approximate surface area is 145 Å². The summed E-state index contributed by atoms with van der Waals surface area (Å²) in [5.74, 6) is 0. The zero-order valence-corrected chi connectivity index (χ0v) is 15.2. The molecule has 0 bridgehead atoms. The van der Waals surface area contributed by atoms with Crippen molar-refractivity contribution in [2.24, 2.45) is 0 Å². The lowest BCUT2D eigenvalue weighted by Crippen LogP contribution is -2.08. The second kappa shape index (κ2) is 7.09. The van der Waals surface area contributed by atoms with E-state index in [1.54, 1.807) is 0 Å². The Kier molecular flexibility index (Phi) is 5.48. The van der Waals surface area contributed by atoms with Gasteiger partial charge in [-0.15, -0.1) is 0 Å². The summed E-state index contributed by atoms with van der Waals surface area (Å²) in [5, 5.41) is 2.90. The second-order valence-corrected chi connectivity index (χ2v) is 9.60. The van der Waals surface area contributed by atoms with E-state index in [-0.39, 0.29) is 27.6 Å². The van der Waals surface area contributed by atoms with Crippen LogP contribution in [0.15, 0.2) is 52.3 Å². The molecule has 0 aliphatic rings. The van der Waals surface area contributed by atoms with Crippen LogP contribution in [0.2, 0.25) is 0 Å². The number of benzene rings is 2. The topological polar surface area (TPSA) is 80.3 Å². The largest absolute Gasteiger partial charge is 0.380 e. The number of halogens is 2. The van der Waals surface area contributed by atoms with E-state index in [0.717, 1.165) is 18.6 Å². The molecule has 9 heteroatoms. The molecule has 2 aromatic rings. The summed E-state index contributed by atoms with van der Waals surface area (Å²) < 4.78 is 72.2. The van der Waals surface area contributed by atoms with E-state index in [0.29, 0.717) is 5.56 Å². The number of sulfone groups is 2. The third kappa shape index (κ3) is 4.99. The average Bonchev–Trinajstić information content (AvgIpc) is 2.51. The zero-order valence-electron chi connectivity index (χ0n) is 13.5. The van der Waals surface area contributed by atoms with Gasteiger partial charge in [0.25, 0.3) is 6.43 Å². The molecule has 0 radical (unpaired) electrons. The van der Waals surface area contributed by atoms with Crippen molar-refractivity contribution in [2.45, 2.75) is 22.8 Å². The maximum atomic E-state index is 12.5. The minimum atomic E-state index is -3.66. The van der Waals surface area contributed by atoms with E-state index < -0.39 is 26.1 Å². The van der Waals surface area contributed by atoms with Crippen molar-refractivity contribution in [3.05, 3.63) is 53.6 Å². The fourth-order valence-corrected chi connectivity index (χ4v) is 3.77. The van der Waals surface area contributed by atoms with Gasteiger partial charge in [-0.3, -0.25) is 0 Å². The van der Waals surface area contributed by atoms with E-state index in [9.17, 15) is 25.6 Å². The summed E-state index contributed by atoms with van der Waals surface area (Å²) in [7, 11) is -7.21. The molecule has 0 spiro atoms. The molecule has 0 fully saturated rings. The van der Waals surface area contributed by atoms with Gasteiger partial charge in [0.05, 0.1) is 15.5 Å². The predicted molar refractivity (Wildman–Crippen MR) is 91.4 cm³/mol. The van der Waals surface area contributed by atoms with Gasteiger partial charge < -0.3 is 5.32 Å². The first-order valence-electron chi connectivity index (χ1n) is 7.13. The molecule has 136 valence electrons. The van der Waals surface area contributed by atoms with Crippen LogP contribution in [0, 0.1) is 0 Å². The Morgan fingerprint density at radius 1 is 0.920 bits per heavy atom. The van der Waals surface area contributed by atoms with Crippen LogP contribution in [0.3, 0.4) is 0 Å². The van der Waals surface area contributed by atoms with Crippen LogP contribution < -0.4 is 5.32 Å². The maximum absolute atomic E-state index is 12.5. The number of rotatable bonds is 6. The van der Waals surface area contributed by atoms with Crippen molar-refractivity contribution >= 4 is 25.4 Å². The Morgan fingerprint density at radius 3 is 2.00 bits per heavy atom. The lowest BCUT2D eigenvalue weighted by atomic mass is 10.1. The van der Waals surface area contributed by atoms with Crippen molar-refractivity contribution in [2.75, 3.05) is 17.8 Å². The van der Waals surface area contributed by atoms with Gasteiger partial charge in [0, 0.05) is 24.6 Å². The summed E-state index contributed by atoms with van der Waals surface area (Å²) in [6, 6.07) is 9.41. The lowest BCUT2D eigenvalue weighted by molar-refractivity contribution is 0.151. The first-order valence-corrected chi connectivity index (χ1v) is 10.9. The van der Waals surface area contributed by atoms with Gasteiger partial charge in [-0.1, -0.05) is 24.3 Å². The van der Waals surface area contributed by atoms with E-state index >= 15 is 0 Å². The molecule has 5 nitrogen and oxygen atoms in total. The van der Waals surface area contributed by atoms with Gasteiger partial charge >= 0.3 is 0 Å². The maximum Gasteiger partial charge on any atom is 0.263 e. The Morgan fingerprint density at radius 2 is 1.52 bits per heavy atom. The predicted octanol–water partition coefficient (Wildman–Crippen LogP) is 3.04. The van der Waals surface area contributed by atoms with Crippen LogP contribution in [0.5, 0.6) is 0 Å². The minimum Gasteiger partial charge on any atom is -0.380 e. The first-order chi connectivity index (χ1) is 11.5. The Hall–Kier alpha value is -2.00. The van der Waals surface area contributed by atoms with Gasteiger partial charge in [0.2, 0.25) is 0 Å². The number of nitrogens with one attached hydrogen (secondary N) is 1. The SMILES string of the molecule is CS(=O)(=O)c1ccc(NCc2ccc(C(F)F)cc2)c(S(C)(=O)=O)c1. The summed E-state index contributed by atoms with van der Waals surface area (Å²) >= 11 is 0. The van der Waals surface area contributed by atoms with E-state index in [4.69, 9.17) is 0 Å². The molecule has 2 rings (SSSR count). The number of hydrogen-bond acceptors (Lipinski definition) is 5. The Bertz CT molecular complexity index is 970. The average molecular weight is 389 g/mol. The van der Waals surface area contributed by atoms with Crippen molar-refractivity contribution in [1.82, 2.24) is 0 Å². The van der Waals surface area contributed by atoms with Crippen molar-refractivity contribution in [3.63, 3.8) is 0 Å². The highest BCUT2D eigenvalue weighted by Gasteiger charge is 2.18. The first kappa shape index (κ1) is 19.3. The third-order valence-corrected chi connectivity index (χ3v) is 5.74. The van der Waals surface area contributed by atoms with Crippen molar-refractivity contribution in [1.29, 1.82) is 0 Å². The quantitative estimate of drug-likeness (QED) is 0.821. The molecule has 0 aromatic heterocycles. The molecule has 0 saturated heterocycles. The van der Waals surface area contributed by atoms with Crippen molar-refractivity contribution in [3.8, 4) is 0 Å². The molecule has 0 saturated carbocycles. The van der Waals surface area contributed by atoms with E-state index in [2.05, 4.69) is 5.32 Å². The number of anilines is 1. The molecule has 0 atom stereocenters. The molecule has 0 amide bonds. The third-order valence-electron chi connectivity index (χ3n) is 3.50. The van der Waals surface area contributed by atoms with E-state index in [1.807, 2.05) is 0 Å². The molecular formula is C16H17F2NO4S2. The molecule has 0 aliphatic heterocycles. The summed E-state index contributed by atoms with van der Waals surface area (Å²) in [6.07, 6.45) is -0.578. The van der Waals surface area contributed by atoms with Crippen LogP contribution in [-0.4, -0.2) is 29.3 Å². The zero-order chi connectivity index (χ0) is 18.8. The van der Waals surface area contributed by atoms with Crippen LogP contribution in [0.25, 0.3) is 0 Å². The second-order valence-electron chi connectivity index (χ2n) is 5.60. The fraction of sp³-hybridized carbons (Fsp3) is 0.250. The number of hydrogen-bond donors (Lipinski definition) is 1. The molecule has 1 N–H and O–H groups in total. The monoisotopic (exact) mass is 389 g/mol. The van der Waals surface area contributed by atoms with Crippen LogP contribution in [0.4, 0.5) is 14.5 Å². The smallest absolute Gasteiger partial charge is 0.263 e. The highest BCUT2D eigenvalue weighted by atomic mass is 32.2. The van der Waals surface area contributed by atoms with Crippen LogP contribution >= 0.6 is 0 Å². The summed E-state index contributed by atoms with van der Waals surface area (Å²) in [4.78, 5) is -0.237. The molecule has 2 aromatic carbocycles. The highest BCUT2D eigenvalue weighted by Crippen LogP contribution is 2.26. The van der Waals surface area contributed by atoms with Gasteiger partial charge in [-0.2, -0.15) is 0 Å². The van der Waals surface area contributed by atoms with Crippen molar-refractivity contribution < 1.29 is 25.6 Å². The van der Waals surface area contributed by atoms with Gasteiger partial charge in [0.1, 0.15) is 0 Å². The summed E-state index contributed by atoms with van der Waals surface area (Å²) in [6.45, 7) is 0.199. The van der Waals surface area contributed by atoms with Gasteiger partial charge in [-0.05, 0) is 23.8 Å². The molecule has 0 aliphatic carbocycles.